The topological polar surface area (TPSA) is 82.3 Å². The van der Waals surface area contributed by atoms with Gasteiger partial charge in [0.25, 0.3) is 0 Å². The fourth-order valence-electron chi connectivity index (χ4n) is 5.64. The van der Waals surface area contributed by atoms with Gasteiger partial charge in [-0.05, 0) is 73.7 Å². The zero-order valence-electron chi connectivity index (χ0n) is 22.7. The van der Waals surface area contributed by atoms with Crippen LogP contribution in [-0.4, -0.2) is 38.2 Å². The van der Waals surface area contributed by atoms with Crippen LogP contribution in [0.1, 0.15) is 38.3 Å². The van der Waals surface area contributed by atoms with Crippen LogP contribution < -0.4 is 5.32 Å². The van der Waals surface area contributed by atoms with Gasteiger partial charge < -0.3 is 10.3 Å². The van der Waals surface area contributed by atoms with Crippen molar-refractivity contribution < 1.29 is 4.39 Å². The van der Waals surface area contributed by atoms with Gasteiger partial charge in [-0.15, -0.1) is 0 Å². The van der Waals surface area contributed by atoms with E-state index in [1.54, 1.807) is 24.5 Å². The van der Waals surface area contributed by atoms with Crippen LogP contribution in [0.15, 0.2) is 85.2 Å². The van der Waals surface area contributed by atoms with Gasteiger partial charge in [-0.2, -0.15) is 5.10 Å². The van der Waals surface area contributed by atoms with Crippen molar-refractivity contribution in [2.75, 3.05) is 13.1 Å². The third-order valence-corrected chi connectivity index (χ3v) is 7.82. The molecule has 4 aromatic heterocycles. The summed E-state index contributed by atoms with van der Waals surface area (Å²) in [6.45, 7) is 7.90. The molecule has 40 heavy (non-hydrogen) atoms. The molecule has 1 fully saturated rings. The normalized spacial score (nSPS) is 14.9. The van der Waals surface area contributed by atoms with Crippen LogP contribution in [0.25, 0.3) is 50.0 Å². The summed E-state index contributed by atoms with van der Waals surface area (Å²) in [6.07, 6.45) is 14.9. The third kappa shape index (κ3) is 5.12. The summed E-state index contributed by atoms with van der Waals surface area (Å²) >= 11 is 0. The molecule has 0 spiro atoms. The molecular formula is C33H33FN6. The molecule has 1 aliphatic carbocycles. The highest BCUT2D eigenvalue weighted by molar-refractivity contribution is 6.00. The van der Waals surface area contributed by atoms with E-state index in [2.05, 4.69) is 44.2 Å². The Morgan fingerprint density at radius 2 is 1.95 bits per heavy atom. The second-order valence-electron chi connectivity index (χ2n) is 10.4. The second kappa shape index (κ2) is 11.4. The fourth-order valence-corrected chi connectivity index (χ4v) is 5.64. The average molecular weight is 533 g/mol. The Bertz CT molecular complexity index is 1730. The lowest BCUT2D eigenvalue weighted by Gasteiger charge is -2.11. The molecule has 4 heterocycles. The van der Waals surface area contributed by atoms with Crippen molar-refractivity contribution in [1.29, 1.82) is 0 Å². The minimum absolute atomic E-state index is 0.282. The van der Waals surface area contributed by atoms with E-state index in [4.69, 9.17) is 4.98 Å². The van der Waals surface area contributed by atoms with E-state index in [-0.39, 0.29) is 5.82 Å². The summed E-state index contributed by atoms with van der Waals surface area (Å²) in [5, 5.41) is 12.2. The minimum atomic E-state index is -0.282. The van der Waals surface area contributed by atoms with E-state index in [0.717, 1.165) is 69.0 Å². The van der Waals surface area contributed by atoms with Gasteiger partial charge in [0.05, 0.1) is 28.6 Å². The van der Waals surface area contributed by atoms with Crippen molar-refractivity contribution >= 4 is 27.5 Å². The van der Waals surface area contributed by atoms with E-state index >= 15 is 0 Å². The number of nitrogens with one attached hydrogen (secondary N) is 3. The van der Waals surface area contributed by atoms with Crippen LogP contribution >= 0.6 is 0 Å². The van der Waals surface area contributed by atoms with Crippen molar-refractivity contribution in [3.8, 4) is 22.5 Å². The molecule has 202 valence electrons. The highest BCUT2D eigenvalue weighted by Gasteiger charge is 2.17. The summed E-state index contributed by atoms with van der Waals surface area (Å²) < 4.78 is 14.6. The Balaban J connectivity index is 1.32. The number of hydrogen-bond donors (Lipinski definition) is 3. The van der Waals surface area contributed by atoms with Crippen molar-refractivity contribution in [2.24, 2.45) is 5.92 Å². The lowest BCUT2D eigenvalue weighted by molar-refractivity contribution is 0.503. The van der Waals surface area contributed by atoms with Gasteiger partial charge in [-0.3, -0.25) is 10.1 Å². The average Bonchev–Trinajstić information content (AvgIpc) is 3.74. The summed E-state index contributed by atoms with van der Waals surface area (Å²) in [6, 6.07) is 12.8. The lowest BCUT2D eigenvalue weighted by Crippen LogP contribution is -2.23. The zero-order valence-corrected chi connectivity index (χ0v) is 22.7. The van der Waals surface area contributed by atoms with E-state index in [9.17, 15) is 4.39 Å². The van der Waals surface area contributed by atoms with Gasteiger partial charge in [0.1, 0.15) is 17.0 Å². The summed E-state index contributed by atoms with van der Waals surface area (Å²) in [7, 11) is 0. The Morgan fingerprint density at radius 3 is 2.75 bits per heavy atom. The maximum Gasteiger partial charge on any atom is 0.135 e. The van der Waals surface area contributed by atoms with Gasteiger partial charge in [0.15, 0.2) is 0 Å². The first-order valence-corrected chi connectivity index (χ1v) is 13.9. The predicted molar refractivity (Wildman–Crippen MR) is 161 cm³/mol. The molecule has 0 aliphatic heterocycles. The summed E-state index contributed by atoms with van der Waals surface area (Å²) in [5.41, 5.74) is 8.15. The number of aromatic nitrogens is 5. The van der Waals surface area contributed by atoms with E-state index < -0.39 is 0 Å². The smallest absolute Gasteiger partial charge is 0.135 e. The zero-order chi connectivity index (χ0) is 27.5. The predicted octanol–water partition coefficient (Wildman–Crippen LogP) is 7.60. The Hall–Kier alpha value is -4.36. The Labute approximate surface area is 233 Å². The number of hydrogen-bond acceptors (Lipinski definition) is 4. The molecule has 1 aromatic carbocycles. The first-order valence-electron chi connectivity index (χ1n) is 13.9. The van der Waals surface area contributed by atoms with Gasteiger partial charge >= 0.3 is 0 Å². The maximum atomic E-state index is 14.6. The number of rotatable bonds is 9. The maximum absolute atomic E-state index is 14.6. The molecular weight excluding hydrogens is 499 g/mol. The van der Waals surface area contributed by atoms with Crippen LogP contribution in [0.5, 0.6) is 0 Å². The summed E-state index contributed by atoms with van der Waals surface area (Å²) in [4.78, 5) is 12.8. The molecule has 0 amide bonds. The number of fused-ring (bicyclic) bond motifs is 2. The molecule has 5 aromatic rings. The number of benzene rings is 1. The van der Waals surface area contributed by atoms with Crippen LogP contribution in [0.4, 0.5) is 4.39 Å². The first-order chi connectivity index (χ1) is 19.6. The van der Waals surface area contributed by atoms with Crippen molar-refractivity contribution in [3.05, 3.63) is 96.7 Å². The highest BCUT2D eigenvalue weighted by Crippen LogP contribution is 2.34. The third-order valence-electron chi connectivity index (χ3n) is 7.82. The fraction of sp³-hybridized carbons (Fsp3) is 0.242. The second-order valence-corrected chi connectivity index (χ2v) is 10.4. The lowest BCUT2D eigenvalue weighted by atomic mass is 10.0. The molecule has 0 radical (unpaired) electrons. The van der Waals surface area contributed by atoms with Gasteiger partial charge in [0, 0.05) is 29.3 Å². The van der Waals surface area contributed by atoms with Crippen molar-refractivity contribution in [2.45, 2.75) is 32.6 Å². The van der Waals surface area contributed by atoms with Crippen LogP contribution in [0, 0.1) is 11.7 Å². The van der Waals surface area contributed by atoms with Crippen LogP contribution in [-0.2, 0) is 0 Å². The monoisotopic (exact) mass is 532 g/mol. The molecule has 0 saturated heterocycles. The molecule has 1 saturated carbocycles. The largest absolute Gasteiger partial charge is 0.352 e. The Morgan fingerprint density at radius 1 is 1.10 bits per heavy atom. The molecule has 1 aliphatic rings. The molecule has 6 rings (SSSR count). The van der Waals surface area contributed by atoms with Crippen molar-refractivity contribution in [1.82, 2.24) is 30.5 Å². The van der Waals surface area contributed by atoms with Gasteiger partial charge in [-0.25, -0.2) is 9.37 Å². The number of pyridine rings is 2. The van der Waals surface area contributed by atoms with E-state index in [1.165, 1.54) is 31.7 Å². The molecule has 6 nitrogen and oxygen atoms in total. The van der Waals surface area contributed by atoms with Crippen LogP contribution in [0.2, 0.25) is 0 Å². The SMILES string of the molecule is C=C/C(=C\C(=C/C)c1ccc2[nH]nc(-c3cc4c(-c5ccccc5F)cncc4[nH]3)c2n1)CNCC1CCCC1. The number of H-pyrrole nitrogens is 2. The number of halogens is 1. The molecule has 0 bridgehead atoms. The van der Waals surface area contributed by atoms with Gasteiger partial charge in [-0.1, -0.05) is 49.8 Å². The van der Waals surface area contributed by atoms with Crippen LogP contribution in [0.3, 0.4) is 0 Å². The number of allylic oxidation sites excluding steroid dienone is 3. The van der Waals surface area contributed by atoms with E-state index in [1.807, 2.05) is 37.3 Å². The summed E-state index contributed by atoms with van der Waals surface area (Å²) in [5.74, 6) is 0.509. The van der Waals surface area contributed by atoms with Crippen molar-refractivity contribution in [3.63, 3.8) is 0 Å². The van der Waals surface area contributed by atoms with Gasteiger partial charge in [0.2, 0.25) is 0 Å². The first kappa shape index (κ1) is 25.9. The molecule has 3 N–H and O–H groups in total. The Kier molecular flexibility index (Phi) is 7.38. The quantitative estimate of drug-likeness (QED) is 0.171. The number of nitrogens with zero attached hydrogens (tertiary/aromatic N) is 3. The number of aromatic amines is 2. The molecule has 7 heteroatoms. The standard InChI is InChI=1S/C33H33FN6/c1-3-21(17-35-18-22-9-5-6-10-22)15-23(4-2)28-13-14-29-32(38-28)33(40-39-29)30-16-25-26(19-36-20-31(25)37-30)24-11-7-8-12-27(24)34/h3-4,7-8,11-16,19-20,22,35,37H,1,5-6,9-10,17-18H2,2H3,(H,39,40)/b21-15+,23-4+. The minimum Gasteiger partial charge on any atom is -0.352 e. The van der Waals surface area contributed by atoms with E-state index in [0.29, 0.717) is 11.3 Å². The molecule has 0 unspecified atom stereocenters. The highest BCUT2D eigenvalue weighted by atomic mass is 19.1. The molecule has 0 atom stereocenters.